The Bertz CT molecular complexity index is 240. The number of nitrogens with zero attached hydrogens (tertiary/aromatic N) is 1. The van der Waals surface area contributed by atoms with Crippen LogP contribution in [0.15, 0.2) is 0 Å². The largest absolute Gasteiger partial charge is 0.317 e. The van der Waals surface area contributed by atoms with Crippen molar-refractivity contribution in [3.63, 3.8) is 0 Å². The molecule has 1 N–H and O–H groups in total. The van der Waals surface area contributed by atoms with E-state index < -0.39 is 0 Å². The molecule has 2 aliphatic heterocycles. The maximum atomic E-state index is 12.3. The molecule has 2 aliphatic rings. The number of hydrogen-bond donors (Lipinski definition) is 1. The molecule has 16 heavy (non-hydrogen) atoms. The van der Waals surface area contributed by atoms with Crippen molar-refractivity contribution in [2.75, 3.05) is 26.2 Å². The molecule has 2 heterocycles. The number of Topliss-reactive ketones (excluding diaryl/α,β-unsaturated/α-hetero) is 1. The van der Waals surface area contributed by atoms with Gasteiger partial charge >= 0.3 is 0 Å². The van der Waals surface area contributed by atoms with Crippen molar-refractivity contribution < 1.29 is 4.79 Å². The smallest absolute Gasteiger partial charge is 0.152 e. The summed E-state index contributed by atoms with van der Waals surface area (Å²) in [5.74, 6) is 0.468. The van der Waals surface area contributed by atoms with Crippen LogP contribution in [0.5, 0.6) is 0 Å². The quantitative estimate of drug-likeness (QED) is 0.790. The molecule has 92 valence electrons. The van der Waals surface area contributed by atoms with Crippen LogP contribution in [-0.4, -0.2) is 42.4 Å². The fourth-order valence-corrected chi connectivity index (χ4v) is 3.26. The van der Waals surface area contributed by atoms with E-state index in [9.17, 15) is 4.79 Å². The van der Waals surface area contributed by atoms with Gasteiger partial charge in [-0.15, -0.1) is 0 Å². The summed E-state index contributed by atoms with van der Waals surface area (Å²) in [4.78, 5) is 14.8. The number of carbonyl (C=O) groups is 1. The summed E-state index contributed by atoms with van der Waals surface area (Å²) < 4.78 is 0. The van der Waals surface area contributed by atoms with E-state index in [-0.39, 0.29) is 5.54 Å². The van der Waals surface area contributed by atoms with E-state index in [2.05, 4.69) is 10.2 Å². The summed E-state index contributed by atoms with van der Waals surface area (Å²) in [5, 5.41) is 3.38. The lowest BCUT2D eigenvalue weighted by Gasteiger charge is -2.47. The van der Waals surface area contributed by atoms with Gasteiger partial charge in [-0.25, -0.2) is 0 Å². The second kappa shape index (κ2) is 5.28. The van der Waals surface area contributed by atoms with E-state index in [1.165, 1.54) is 19.3 Å². The third kappa shape index (κ3) is 2.16. The predicted octanol–water partition coefficient (Wildman–Crippen LogP) is 1.57. The molecule has 2 saturated heterocycles. The van der Waals surface area contributed by atoms with E-state index in [4.69, 9.17) is 0 Å². The molecule has 0 unspecified atom stereocenters. The summed E-state index contributed by atoms with van der Waals surface area (Å²) in [6.07, 6.45) is 6.60. The zero-order valence-electron chi connectivity index (χ0n) is 10.4. The Kier molecular flexibility index (Phi) is 3.98. The van der Waals surface area contributed by atoms with Crippen LogP contribution in [-0.2, 0) is 4.79 Å². The van der Waals surface area contributed by atoms with Crippen molar-refractivity contribution in [2.24, 2.45) is 0 Å². The molecule has 0 aliphatic carbocycles. The number of hydrogen-bond acceptors (Lipinski definition) is 3. The lowest BCUT2D eigenvalue weighted by Crippen LogP contribution is -2.60. The Morgan fingerprint density at radius 1 is 1.19 bits per heavy atom. The fourth-order valence-electron chi connectivity index (χ4n) is 3.26. The van der Waals surface area contributed by atoms with Gasteiger partial charge in [0.15, 0.2) is 5.78 Å². The average Bonchev–Trinajstić information content (AvgIpc) is 2.39. The molecule has 0 radical (unpaired) electrons. The van der Waals surface area contributed by atoms with Gasteiger partial charge in [0.25, 0.3) is 0 Å². The molecular formula is C13H24N2O. The first-order chi connectivity index (χ1) is 7.79. The van der Waals surface area contributed by atoms with Gasteiger partial charge in [0, 0.05) is 6.42 Å². The van der Waals surface area contributed by atoms with Crippen LogP contribution in [0.1, 0.15) is 45.4 Å². The van der Waals surface area contributed by atoms with Crippen LogP contribution >= 0.6 is 0 Å². The third-order valence-corrected chi connectivity index (χ3v) is 4.23. The zero-order valence-corrected chi connectivity index (χ0v) is 10.4. The highest BCUT2D eigenvalue weighted by Crippen LogP contribution is 2.31. The molecule has 0 bridgehead atoms. The first-order valence-corrected chi connectivity index (χ1v) is 6.79. The Hall–Kier alpha value is -0.410. The van der Waals surface area contributed by atoms with Crippen LogP contribution in [0.25, 0.3) is 0 Å². The minimum absolute atomic E-state index is 0.111. The SMILES string of the molecule is CCC(=O)C1(N2CCCCC2)CCNCC1. The summed E-state index contributed by atoms with van der Waals surface area (Å²) in [7, 11) is 0. The minimum atomic E-state index is -0.111. The normalized spacial score (nSPS) is 26.6. The van der Waals surface area contributed by atoms with Gasteiger partial charge in [0.05, 0.1) is 5.54 Å². The first kappa shape index (κ1) is 12.1. The van der Waals surface area contributed by atoms with Crippen molar-refractivity contribution in [3.05, 3.63) is 0 Å². The fraction of sp³-hybridized carbons (Fsp3) is 0.923. The Morgan fingerprint density at radius 3 is 2.38 bits per heavy atom. The van der Waals surface area contributed by atoms with Gasteiger partial charge < -0.3 is 5.32 Å². The van der Waals surface area contributed by atoms with E-state index in [0.29, 0.717) is 12.2 Å². The van der Waals surface area contributed by atoms with Crippen molar-refractivity contribution in [2.45, 2.75) is 51.0 Å². The van der Waals surface area contributed by atoms with E-state index in [0.717, 1.165) is 39.0 Å². The molecular weight excluding hydrogens is 200 g/mol. The highest BCUT2D eigenvalue weighted by atomic mass is 16.1. The minimum Gasteiger partial charge on any atom is -0.317 e. The molecule has 3 nitrogen and oxygen atoms in total. The van der Waals surface area contributed by atoms with Gasteiger partial charge in [-0.1, -0.05) is 13.3 Å². The topological polar surface area (TPSA) is 32.3 Å². The number of piperidine rings is 2. The molecule has 2 rings (SSSR count). The Balaban J connectivity index is 2.14. The second-order valence-corrected chi connectivity index (χ2v) is 5.11. The highest BCUT2D eigenvalue weighted by Gasteiger charge is 2.43. The van der Waals surface area contributed by atoms with Gasteiger partial charge in [-0.3, -0.25) is 9.69 Å². The van der Waals surface area contributed by atoms with E-state index in [1.807, 2.05) is 6.92 Å². The van der Waals surface area contributed by atoms with Crippen molar-refractivity contribution in [1.29, 1.82) is 0 Å². The first-order valence-electron chi connectivity index (χ1n) is 6.79. The Morgan fingerprint density at radius 2 is 1.81 bits per heavy atom. The Labute approximate surface area is 98.6 Å². The molecule has 0 spiro atoms. The maximum absolute atomic E-state index is 12.3. The van der Waals surface area contributed by atoms with Gasteiger partial charge in [-0.05, 0) is 51.9 Å². The van der Waals surface area contributed by atoms with Crippen LogP contribution in [0.2, 0.25) is 0 Å². The zero-order chi connectivity index (χ0) is 11.4. The summed E-state index contributed by atoms with van der Waals surface area (Å²) in [5.41, 5.74) is -0.111. The monoisotopic (exact) mass is 224 g/mol. The molecule has 0 saturated carbocycles. The van der Waals surface area contributed by atoms with Crippen molar-refractivity contribution >= 4 is 5.78 Å². The van der Waals surface area contributed by atoms with Gasteiger partial charge in [0.2, 0.25) is 0 Å². The molecule has 2 fully saturated rings. The van der Waals surface area contributed by atoms with Crippen LogP contribution in [0.3, 0.4) is 0 Å². The number of carbonyl (C=O) groups excluding carboxylic acids is 1. The lowest BCUT2D eigenvalue weighted by molar-refractivity contribution is -0.134. The lowest BCUT2D eigenvalue weighted by atomic mass is 9.80. The standard InChI is InChI=1S/C13H24N2O/c1-2-12(16)13(6-8-14-9-7-13)15-10-4-3-5-11-15/h14H,2-11H2,1H3. The van der Waals surface area contributed by atoms with Crippen molar-refractivity contribution in [1.82, 2.24) is 10.2 Å². The maximum Gasteiger partial charge on any atom is 0.152 e. The summed E-state index contributed by atoms with van der Waals surface area (Å²) >= 11 is 0. The summed E-state index contributed by atoms with van der Waals surface area (Å²) in [6, 6.07) is 0. The van der Waals surface area contributed by atoms with Gasteiger partial charge in [-0.2, -0.15) is 0 Å². The second-order valence-electron chi connectivity index (χ2n) is 5.11. The van der Waals surface area contributed by atoms with Crippen LogP contribution < -0.4 is 5.32 Å². The van der Waals surface area contributed by atoms with E-state index >= 15 is 0 Å². The summed E-state index contributed by atoms with van der Waals surface area (Å²) in [6.45, 7) is 6.28. The molecule has 0 aromatic heterocycles. The number of rotatable bonds is 3. The van der Waals surface area contributed by atoms with Crippen molar-refractivity contribution in [3.8, 4) is 0 Å². The molecule has 0 aromatic carbocycles. The molecule has 0 aromatic rings. The number of nitrogens with one attached hydrogen (secondary N) is 1. The van der Waals surface area contributed by atoms with Crippen LogP contribution in [0.4, 0.5) is 0 Å². The number of ketones is 1. The number of likely N-dealkylation sites (tertiary alicyclic amines) is 1. The predicted molar refractivity (Wildman–Crippen MR) is 65.6 cm³/mol. The molecule has 3 heteroatoms. The third-order valence-electron chi connectivity index (χ3n) is 4.23. The van der Waals surface area contributed by atoms with E-state index in [1.54, 1.807) is 0 Å². The molecule has 0 amide bonds. The average molecular weight is 224 g/mol. The van der Waals surface area contributed by atoms with Gasteiger partial charge in [0.1, 0.15) is 0 Å². The molecule has 0 atom stereocenters. The van der Waals surface area contributed by atoms with Crippen LogP contribution in [0, 0.1) is 0 Å². The highest BCUT2D eigenvalue weighted by molar-refractivity contribution is 5.88.